The van der Waals surface area contributed by atoms with E-state index in [1.807, 2.05) is 11.8 Å². The Balaban J connectivity index is 2.03. The van der Waals surface area contributed by atoms with E-state index in [0.717, 1.165) is 5.92 Å². The quantitative estimate of drug-likeness (QED) is 0.705. The molecule has 0 amide bonds. The van der Waals surface area contributed by atoms with Crippen LogP contribution < -0.4 is 0 Å². The van der Waals surface area contributed by atoms with Gasteiger partial charge in [0.05, 0.1) is 0 Å². The molecule has 0 N–H and O–H groups in total. The van der Waals surface area contributed by atoms with E-state index in [2.05, 4.69) is 42.5 Å². The van der Waals surface area contributed by atoms with Crippen LogP contribution in [0.3, 0.4) is 0 Å². The van der Waals surface area contributed by atoms with Crippen molar-refractivity contribution in [2.45, 2.75) is 23.7 Å². The van der Waals surface area contributed by atoms with Crippen molar-refractivity contribution in [3.8, 4) is 0 Å². The molecule has 0 bridgehead atoms. The Labute approximate surface area is 96.9 Å². The molecule has 1 saturated heterocycles. The van der Waals surface area contributed by atoms with E-state index < -0.39 is 0 Å². The molecule has 0 spiro atoms. The minimum absolute atomic E-state index is 0.789. The van der Waals surface area contributed by atoms with Crippen molar-refractivity contribution in [2.75, 3.05) is 26.4 Å². The molecule has 1 heterocycles. The van der Waals surface area contributed by atoms with E-state index in [0.29, 0.717) is 0 Å². The maximum Gasteiger partial charge on any atom is 0.00693 e. The summed E-state index contributed by atoms with van der Waals surface area (Å²) in [5.74, 6) is 0.789. The van der Waals surface area contributed by atoms with Gasteiger partial charge >= 0.3 is 0 Å². The first-order valence-corrected chi connectivity index (χ1v) is 6.84. The Morgan fingerprint density at radius 2 is 1.73 bits per heavy atom. The topological polar surface area (TPSA) is 3.24 Å². The molecule has 1 aromatic carbocycles. The maximum absolute atomic E-state index is 2.42. The maximum atomic E-state index is 2.42. The van der Waals surface area contributed by atoms with Crippen molar-refractivity contribution >= 4 is 11.8 Å². The van der Waals surface area contributed by atoms with Crippen LogP contribution in [0.4, 0.5) is 0 Å². The zero-order valence-corrected chi connectivity index (χ0v) is 10.4. The third-order valence-corrected chi connectivity index (χ3v) is 4.05. The highest BCUT2D eigenvalue weighted by Crippen LogP contribution is 2.28. The lowest BCUT2D eigenvalue weighted by molar-refractivity contribution is 0.255. The average Bonchev–Trinajstić information content (AvgIpc) is 2.30. The lowest BCUT2D eigenvalue weighted by atomic mass is 9.90. The molecule has 82 valence electrons. The summed E-state index contributed by atoms with van der Waals surface area (Å²) in [5, 5.41) is 0. The van der Waals surface area contributed by atoms with Gasteiger partial charge in [0.2, 0.25) is 0 Å². The molecule has 1 aliphatic heterocycles. The normalized spacial score (nSPS) is 19.3. The predicted octanol–water partition coefficient (Wildman–Crippen LogP) is 3.22. The summed E-state index contributed by atoms with van der Waals surface area (Å²) in [6.45, 7) is 2.49. The van der Waals surface area contributed by atoms with Gasteiger partial charge in [0.25, 0.3) is 0 Å². The Bertz CT molecular complexity index is 299. The van der Waals surface area contributed by atoms with Gasteiger partial charge < -0.3 is 4.90 Å². The Hall–Kier alpha value is -0.470. The summed E-state index contributed by atoms with van der Waals surface area (Å²) >= 11 is 1.82. The van der Waals surface area contributed by atoms with Gasteiger partial charge in [-0.2, -0.15) is 0 Å². The Morgan fingerprint density at radius 1 is 1.13 bits per heavy atom. The van der Waals surface area contributed by atoms with Gasteiger partial charge in [-0.3, -0.25) is 0 Å². The summed E-state index contributed by atoms with van der Waals surface area (Å²) < 4.78 is 0. The van der Waals surface area contributed by atoms with Crippen LogP contribution in [-0.4, -0.2) is 31.3 Å². The fourth-order valence-corrected chi connectivity index (χ4v) is 2.63. The summed E-state index contributed by atoms with van der Waals surface area (Å²) in [4.78, 5) is 3.79. The van der Waals surface area contributed by atoms with Gasteiger partial charge in [-0.25, -0.2) is 0 Å². The SMILES string of the molecule is CSc1ccc(C2CCN(C)CC2)cc1. The molecule has 2 rings (SSSR count). The molecule has 0 radical (unpaired) electrons. The van der Waals surface area contributed by atoms with Crippen molar-refractivity contribution < 1.29 is 0 Å². The van der Waals surface area contributed by atoms with E-state index in [1.54, 1.807) is 0 Å². The number of thioether (sulfide) groups is 1. The van der Waals surface area contributed by atoms with Gasteiger partial charge in [-0.1, -0.05) is 12.1 Å². The smallest absolute Gasteiger partial charge is 0.00693 e. The summed E-state index contributed by atoms with van der Waals surface area (Å²) in [6, 6.07) is 9.11. The molecule has 1 aromatic rings. The minimum atomic E-state index is 0.789. The van der Waals surface area contributed by atoms with E-state index in [4.69, 9.17) is 0 Å². The van der Waals surface area contributed by atoms with Crippen LogP contribution >= 0.6 is 11.8 Å². The van der Waals surface area contributed by atoms with Crippen LogP contribution in [-0.2, 0) is 0 Å². The Morgan fingerprint density at radius 3 is 2.27 bits per heavy atom. The zero-order valence-electron chi connectivity index (χ0n) is 9.57. The predicted molar refractivity (Wildman–Crippen MR) is 67.7 cm³/mol. The third kappa shape index (κ3) is 2.76. The third-order valence-electron chi connectivity index (χ3n) is 3.31. The summed E-state index contributed by atoms with van der Waals surface area (Å²) in [5.41, 5.74) is 1.53. The van der Waals surface area contributed by atoms with Crippen LogP contribution in [0.15, 0.2) is 29.2 Å². The molecule has 15 heavy (non-hydrogen) atoms. The summed E-state index contributed by atoms with van der Waals surface area (Å²) in [6.07, 6.45) is 4.76. The van der Waals surface area contributed by atoms with Crippen molar-refractivity contribution in [3.05, 3.63) is 29.8 Å². The first-order chi connectivity index (χ1) is 7.29. The highest BCUT2D eigenvalue weighted by Gasteiger charge is 2.17. The summed E-state index contributed by atoms with van der Waals surface area (Å²) in [7, 11) is 2.22. The number of benzene rings is 1. The second-order valence-corrected chi connectivity index (χ2v) is 5.23. The van der Waals surface area contributed by atoms with E-state index in [1.165, 1.54) is 36.4 Å². The molecular weight excluding hydrogens is 202 g/mol. The number of rotatable bonds is 2. The number of likely N-dealkylation sites (tertiary alicyclic amines) is 1. The largest absolute Gasteiger partial charge is 0.306 e. The van der Waals surface area contributed by atoms with Crippen LogP contribution in [0.25, 0.3) is 0 Å². The first kappa shape index (κ1) is 11.0. The van der Waals surface area contributed by atoms with Crippen LogP contribution in [0.2, 0.25) is 0 Å². The molecule has 0 saturated carbocycles. The van der Waals surface area contributed by atoms with Crippen molar-refractivity contribution in [2.24, 2.45) is 0 Å². The molecule has 0 aromatic heterocycles. The molecule has 1 nitrogen and oxygen atoms in total. The zero-order chi connectivity index (χ0) is 10.7. The number of hydrogen-bond donors (Lipinski definition) is 0. The highest BCUT2D eigenvalue weighted by molar-refractivity contribution is 7.98. The second kappa shape index (κ2) is 5.04. The molecular formula is C13H19NS. The van der Waals surface area contributed by atoms with Crippen LogP contribution in [0.5, 0.6) is 0 Å². The fourth-order valence-electron chi connectivity index (χ4n) is 2.22. The fraction of sp³-hybridized carbons (Fsp3) is 0.538. The van der Waals surface area contributed by atoms with Gasteiger partial charge in [-0.05, 0) is 62.8 Å². The molecule has 2 heteroatoms. The lowest BCUT2D eigenvalue weighted by Gasteiger charge is -2.29. The molecule has 0 atom stereocenters. The minimum Gasteiger partial charge on any atom is -0.306 e. The van der Waals surface area contributed by atoms with Gasteiger partial charge in [0.15, 0.2) is 0 Å². The molecule has 0 unspecified atom stereocenters. The first-order valence-electron chi connectivity index (χ1n) is 5.62. The van der Waals surface area contributed by atoms with Crippen molar-refractivity contribution in [1.29, 1.82) is 0 Å². The van der Waals surface area contributed by atoms with Crippen LogP contribution in [0, 0.1) is 0 Å². The number of hydrogen-bond acceptors (Lipinski definition) is 2. The van der Waals surface area contributed by atoms with E-state index in [-0.39, 0.29) is 0 Å². The van der Waals surface area contributed by atoms with Gasteiger partial charge in [-0.15, -0.1) is 11.8 Å². The molecule has 0 aliphatic carbocycles. The van der Waals surface area contributed by atoms with Crippen molar-refractivity contribution in [3.63, 3.8) is 0 Å². The highest BCUT2D eigenvalue weighted by atomic mass is 32.2. The van der Waals surface area contributed by atoms with Crippen LogP contribution in [0.1, 0.15) is 24.3 Å². The standard InChI is InChI=1S/C13H19NS/c1-14-9-7-12(8-10-14)11-3-5-13(15-2)6-4-11/h3-6,12H,7-10H2,1-2H3. The number of nitrogens with zero attached hydrogens (tertiary/aromatic N) is 1. The average molecular weight is 221 g/mol. The van der Waals surface area contributed by atoms with E-state index >= 15 is 0 Å². The monoisotopic (exact) mass is 221 g/mol. The molecule has 1 fully saturated rings. The van der Waals surface area contributed by atoms with E-state index in [9.17, 15) is 0 Å². The number of piperidine rings is 1. The van der Waals surface area contributed by atoms with Gasteiger partial charge in [0.1, 0.15) is 0 Å². The molecule has 1 aliphatic rings. The second-order valence-electron chi connectivity index (χ2n) is 4.35. The van der Waals surface area contributed by atoms with Crippen molar-refractivity contribution in [1.82, 2.24) is 4.90 Å². The lowest BCUT2D eigenvalue weighted by Crippen LogP contribution is -2.29. The van der Waals surface area contributed by atoms with Gasteiger partial charge in [0, 0.05) is 4.90 Å². The Kier molecular flexibility index (Phi) is 3.71.